The molecule has 1 rings (SSSR count). The first-order chi connectivity index (χ1) is 7.97. The van der Waals surface area contributed by atoms with E-state index in [4.69, 9.17) is 10.5 Å². The van der Waals surface area contributed by atoms with Crippen molar-refractivity contribution >= 4 is 9.84 Å². The summed E-state index contributed by atoms with van der Waals surface area (Å²) in [4.78, 5) is 0.296. The lowest BCUT2D eigenvalue weighted by Gasteiger charge is -2.16. The summed E-state index contributed by atoms with van der Waals surface area (Å²) in [6, 6.07) is 6.41. The fourth-order valence-electron chi connectivity index (χ4n) is 1.50. The molecule has 0 aromatic heterocycles. The highest BCUT2D eigenvalue weighted by Gasteiger charge is 2.09. The second-order valence-electron chi connectivity index (χ2n) is 4.01. The van der Waals surface area contributed by atoms with E-state index < -0.39 is 9.84 Å². The zero-order chi connectivity index (χ0) is 12.9. The van der Waals surface area contributed by atoms with Gasteiger partial charge in [0.1, 0.15) is 11.9 Å². The molecule has 1 unspecified atom stereocenters. The Morgan fingerprint density at radius 2 is 1.88 bits per heavy atom. The van der Waals surface area contributed by atoms with Crippen LogP contribution in [0, 0.1) is 0 Å². The van der Waals surface area contributed by atoms with Gasteiger partial charge in [-0.3, -0.25) is 0 Å². The van der Waals surface area contributed by atoms with Gasteiger partial charge in [-0.15, -0.1) is 0 Å². The van der Waals surface area contributed by atoms with Crippen molar-refractivity contribution in [2.75, 3.05) is 12.8 Å². The van der Waals surface area contributed by atoms with Crippen LogP contribution >= 0.6 is 0 Å². The lowest BCUT2D eigenvalue weighted by molar-refractivity contribution is 0.198. The summed E-state index contributed by atoms with van der Waals surface area (Å²) in [6.45, 7) is 2.53. The van der Waals surface area contributed by atoms with Gasteiger partial charge < -0.3 is 10.5 Å². The Hall–Kier alpha value is -1.07. The van der Waals surface area contributed by atoms with Gasteiger partial charge in [0.05, 0.1) is 4.90 Å². The van der Waals surface area contributed by atoms with Gasteiger partial charge in [-0.2, -0.15) is 0 Å². The quantitative estimate of drug-likeness (QED) is 0.840. The van der Waals surface area contributed by atoms with Crippen LogP contribution in [0.25, 0.3) is 0 Å². The Bertz CT molecular complexity index is 439. The van der Waals surface area contributed by atoms with Gasteiger partial charge in [0.25, 0.3) is 0 Å². The molecular weight excluding hydrogens is 238 g/mol. The Balaban J connectivity index is 2.74. The Kier molecular flexibility index (Phi) is 4.96. The van der Waals surface area contributed by atoms with Crippen LogP contribution in [-0.4, -0.2) is 27.3 Å². The molecule has 0 bridgehead atoms. The van der Waals surface area contributed by atoms with E-state index in [9.17, 15) is 8.42 Å². The molecule has 0 spiro atoms. The fourth-order valence-corrected chi connectivity index (χ4v) is 2.14. The maximum absolute atomic E-state index is 11.3. The summed E-state index contributed by atoms with van der Waals surface area (Å²) in [5, 5.41) is 0. The topological polar surface area (TPSA) is 69.4 Å². The van der Waals surface area contributed by atoms with Crippen molar-refractivity contribution in [1.29, 1.82) is 0 Å². The van der Waals surface area contributed by atoms with E-state index in [-0.39, 0.29) is 6.10 Å². The van der Waals surface area contributed by atoms with Crippen molar-refractivity contribution in [3.05, 3.63) is 24.3 Å². The lowest BCUT2D eigenvalue weighted by Crippen LogP contribution is -2.26. The van der Waals surface area contributed by atoms with Gasteiger partial charge in [0.2, 0.25) is 0 Å². The van der Waals surface area contributed by atoms with Crippen LogP contribution in [0.15, 0.2) is 29.2 Å². The number of hydrogen-bond acceptors (Lipinski definition) is 4. The molecule has 0 radical (unpaired) electrons. The van der Waals surface area contributed by atoms with E-state index >= 15 is 0 Å². The minimum atomic E-state index is -3.14. The number of rotatable bonds is 6. The number of ether oxygens (including phenoxy) is 1. The second kappa shape index (κ2) is 6.02. The molecule has 2 N–H and O–H groups in total. The minimum absolute atomic E-state index is 0.0101. The van der Waals surface area contributed by atoms with Gasteiger partial charge >= 0.3 is 0 Å². The summed E-state index contributed by atoms with van der Waals surface area (Å²) in [7, 11) is -3.14. The van der Waals surface area contributed by atoms with Crippen molar-refractivity contribution < 1.29 is 13.2 Å². The van der Waals surface area contributed by atoms with Crippen LogP contribution < -0.4 is 10.5 Å². The maximum Gasteiger partial charge on any atom is 0.175 e. The molecule has 0 saturated heterocycles. The van der Waals surface area contributed by atoms with Crippen molar-refractivity contribution in [2.45, 2.75) is 30.8 Å². The predicted molar refractivity (Wildman–Crippen MR) is 67.9 cm³/mol. The van der Waals surface area contributed by atoms with Gasteiger partial charge in [0, 0.05) is 12.8 Å². The van der Waals surface area contributed by atoms with Gasteiger partial charge in [-0.1, -0.05) is 13.3 Å². The van der Waals surface area contributed by atoms with Crippen molar-refractivity contribution in [2.24, 2.45) is 5.73 Å². The maximum atomic E-state index is 11.3. The second-order valence-corrected chi connectivity index (χ2v) is 6.02. The molecule has 4 nitrogen and oxygen atoms in total. The third-order valence-electron chi connectivity index (χ3n) is 2.43. The highest BCUT2D eigenvalue weighted by molar-refractivity contribution is 7.90. The Morgan fingerprint density at radius 3 is 2.29 bits per heavy atom. The van der Waals surface area contributed by atoms with E-state index in [2.05, 4.69) is 6.92 Å². The monoisotopic (exact) mass is 257 g/mol. The third-order valence-corrected chi connectivity index (χ3v) is 3.56. The largest absolute Gasteiger partial charge is 0.489 e. The standard InChI is InChI=1S/C12H19NO3S/c1-3-4-11(9-13)16-10-5-7-12(8-6-10)17(2,14)15/h5-8,11H,3-4,9,13H2,1-2H3. The van der Waals surface area contributed by atoms with Crippen LogP contribution in [0.3, 0.4) is 0 Å². The Morgan fingerprint density at radius 1 is 1.29 bits per heavy atom. The normalized spacial score (nSPS) is 13.4. The molecule has 0 saturated carbocycles. The molecule has 1 aromatic carbocycles. The van der Waals surface area contributed by atoms with Crippen molar-refractivity contribution in [3.8, 4) is 5.75 Å². The summed E-state index contributed by atoms with van der Waals surface area (Å²) in [5.41, 5.74) is 5.58. The van der Waals surface area contributed by atoms with E-state index in [0.717, 1.165) is 12.8 Å². The van der Waals surface area contributed by atoms with Gasteiger partial charge in [-0.25, -0.2) is 8.42 Å². The number of sulfone groups is 1. The number of nitrogens with two attached hydrogens (primary N) is 1. The third kappa shape index (κ3) is 4.36. The molecule has 5 heteroatoms. The highest BCUT2D eigenvalue weighted by atomic mass is 32.2. The van der Waals surface area contributed by atoms with Crippen molar-refractivity contribution in [3.63, 3.8) is 0 Å². The molecule has 96 valence electrons. The molecule has 1 atom stereocenters. The van der Waals surface area contributed by atoms with Crippen LogP contribution in [0.4, 0.5) is 0 Å². The van der Waals surface area contributed by atoms with Crippen LogP contribution in [0.1, 0.15) is 19.8 Å². The summed E-state index contributed by atoms with van der Waals surface area (Å²) < 4.78 is 28.2. The molecule has 0 heterocycles. The van der Waals surface area contributed by atoms with E-state index in [1.54, 1.807) is 24.3 Å². The summed E-state index contributed by atoms with van der Waals surface area (Å²) in [6.07, 6.45) is 3.07. The zero-order valence-electron chi connectivity index (χ0n) is 10.2. The highest BCUT2D eigenvalue weighted by Crippen LogP contribution is 2.17. The predicted octanol–water partition coefficient (Wildman–Crippen LogP) is 1.60. The van der Waals surface area contributed by atoms with E-state index in [0.29, 0.717) is 17.2 Å². The average molecular weight is 257 g/mol. The van der Waals surface area contributed by atoms with Crippen LogP contribution in [0.2, 0.25) is 0 Å². The summed E-state index contributed by atoms with van der Waals surface area (Å²) in [5.74, 6) is 0.654. The van der Waals surface area contributed by atoms with Crippen molar-refractivity contribution in [1.82, 2.24) is 0 Å². The zero-order valence-corrected chi connectivity index (χ0v) is 11.0. The van der Waals surface area contributed by atoms with Gasteiger partial charge in [0.15, 0.2) is 9.84 Å². The van der Waals surface area contributed by atoms with E-state index in [1.165, 1.54) is 6.26 Å². The lowest BCUT2D eigenvalue weighted by atomic mass is 10.2. The molecular formula is C12H19NO3S. The molecule has 17 heavy (non-hydrogen) atoms. The number of hydrogen-bond donors (Lipinski definition) is 1. The molecule has 0 aliphatic rings. The summed E-state index contributed by atoms with van der Waals surface area (Å²) >= 11 is 0. The average Bonchev–Trinajstić information content (AvgIpc) is 2.28. The first-order valence-electron chi connectivity index (χ1n) is 5.64. The fraction of sp³-hybridized carbons (Fsp3) is 0.500. The molecule has 0 aliphatic carbocycles. The Labute approximate surface area is 103 Å². The van der Waals surface area contributed by atoms with Crippen LogP contribution in [0.5, 0.6) is 5.75 Å². The smallest absolute Gasteiger partial charge is 0.175 e. The SMILES string of the molecule is CCCC(CN)Oc1ccc(S(C)(=O)=O)cc1. The van der Waals surface area contributed by atoms with Gasteiger partial charge in [-0.05, 0) is 30.7 Å². The van der Waals surface area contributed by atoms with Crippen LogP contribution in [-0.2, 0) is 9.84 Å². The first-order valence-corrected chi connectivity index (χ1v) is 7.53. The minimum Gasteiger partial charge on any atom is -0.489 e. The first kappa shape index (κ1) is 14.0. The number of benzene rings is 1. The molecule has 0 amide bonds. The molecule has 0 aliphatic heterocycles. The molecule has 0 fully saturated rings. The molecule has 1 aromatic rings. The van der Waals surface area contributed by atoms with E-state index in [1.807, 2.05) is 0 Å².